The molecule has 0 atom stereocenters. The highest BCUT2D eigenvalue weighted by molar-refractivity contribution is 7.80. The van der Waals surface area contributed by atoms with E-state index in [9.17, 15) is 4.39 Å². The molecule has 5 heteroatoms. The largest absolute Gasteiger partial charge is 0.489 e. The fraction of sp³-hybridized carbons (Fsp3) is 0.222. The van der Waals surface area contributed by atoms with E-state index in [2.05, 4.69) is 0 Å². The molecular formula is C9H9ClFNOS. The third-order valence-corrected chi connectivity index (χ3v) is 2.08. The third-order valence-electron chi connectivity index (χ3n) is 1.55. The highest BCUT2D eigenvalue weighted by Crippen LogP contribution is 2.25. The van der Waals surface area contributed by atoms with Crippen LogP contribution < -0.4 is 10.5 Å². The predicted molar refractivity (Wildman–Crippen MR) is 58.8 cm³/mol. The van der Waals surface area contributed by atoms with Crippen LogP contribution in [0.5, 0.6) is 5.75 Å². The summed E-state index contributed by atoms with van der Waals surface area (Å²) in [6.07, 6.45) is 0. The van der Waals surface area contributed by atoms with Crippen molar-refractivity contribution < 1.29 is 9.13 Å². The van der Waals surface area contributed by atoms with Crippen molar-refractivity contribution in [2.24, 2.45) is 5.73 Å². The fourth-order valence-corrected chi connectivity index (χ4v) is 1.28. The lowest BCUT2D eigenvalue weighted by molar-refractivity contribution is 0.273. The standard InChI is InChI=1S/C9H9ClFNOS/c10-7-5-6(9(12)14)1-2-8(7)13-4-3-11/h1-2,5H,3-4H2,(H2,12,14). The number of alkyl halides is 1. The van der Waals surface area contributed by atoms with Gasteiger partial charge in [0, 0.05) is 5.56 Å². The first-order chi connectivity index (χ1) is 6.65. The average molecular weight is 234 g/mol. The Labute approximate surface area is 91.8 Å². The summed E-state index contributed by atoms with van der Waals surface area (Å²) >= 11 is 10.6. The summed E-state index contributed by atoms with van der Waals surface area (Å²) in [4.78, 5) is 0.268. The molecule has 0 unspecified atom stereocenters. The van der Waals surface area contributed by atoms with Crippen LogP contribution in [0.25, 0.3) is 0 Å². The first-order valence-electron chi connectivity index (χ1n) is 3.93. The van der Waals surface area contributed by atoms with Crippen molar-refractivity contribution in [3.63, 3.8) is 0 Å². The van der Waals surface area contributed by atoms with Crippen LogP contribution in [-0.4, -0.2) is 18.3 Å². The molecule has 1 rings (SSSR count). The third kappa shape index (κ3) is 2.82. The van der Waals surface area contributed by atoms with Crippen LogP contribution in [0.15, 0.2) is 18.2 Å². The molecule has 0 heterocycles. The van der Waals surface area contributed by atoms with Gasteiger partial charge in [-0.15, -0.1) is 0 Å². The first kappa shape index (κ1) is 11.2. The van der Waals surface area contributed by atoms with Gasteiger partial charge in [-0.1, -0.05) is 23.8 Å². The van der Waals surface area contributed by atoms with Gasteiger partial charge >= 0.3 is 0 Å². The zero-order valence-corrected chi connectivity index (χ0v) is 8.87. The summed E-state index contributed by atoms with van der Waals surface area (Å²) in [6, 6.07) is 4.89. The van der Waals surface area contributed by atoms with Gasteiger partial charge in [0.1, 0.15) is 24.0 Å². The minimum Gasteiger partial charge on any atom is -0.489 e. The second-order valence-corrected chi connectivity index (χ2v) is 3.39. The van der Waals surface area contributed by atoms with Gasteiger partial charge in [-0.25, -0.2) is 4.39 Å². The van der Waals surface area contributed by atoms with Crippen LogP contribution in [0.2, 0.25) is 5.02 Å². The lowest BCUT2D eigenvalue weighted by atomic mass is 10.2. The summed E-state index contributed by atoms with van der Waals surface area (Å²) in [5.74, 6) is 0.435. The van der Waals surface area contributed by atoms with Gasteiger partial charge in [0.25, 0.3) is 0 Å². The molecule has 76 valence electrons. The van der Waals surface area contributed by atoms with E-state index in [1.165, 1.54) is 0 Å². The van der Waals surface area contributed by atoms with Crippen molar-refractivity contribution in [3.8, 4) is 5.75 Å². The molecule has 2 N–H and O–H groups in total. The van der Waals surface area contributed by atoms with E-state index in [-0.39, 0.29) is 11.6 Å². The monoisotopic (exact) mass is 233 g/mol. The zero-order chi connectivity index (χ0) is 10.6. The van der Waals surface area contributed by atoms with E-state index < -0.39 is 6.67 Å². The molecule has 0 aromatic heterocycles. The van der Waals surface area contributed by atoms with Gasteiger partial charge in [0.2, 0.25) is 0 Å². The van der Waals surface area contributed by atoms with Crippen molar-refractivity contribution in [2.45, 2.75) is 0 Å². The van der Waals surface area contributed by atoms with E-state index >= 15 is 0 Å². The summed E-state index contributed by atoms with van der Waals surface area (Å²) in [5.41, 5.74) is 6.07. The van der Waals surface area contributed by atoms with E-state index in [0.29, 0.717) is 16.3 Å². The summed E-state index contributed by atoms with van der Waals surface area (Å²) in [6.45, 7) is -0.556. The minimum atomic E-state index is -0.548. The van der Waals surface area contributed by atoms with Gasteiger partial charge in [0.05, 0.1) is 5.02 Å². The molecule has 0 spiro atoms. The minimum absolute atomic E-state index is 0.00780. The van der Waals surface area contributed by atoms with Gasteiger partial charge in [0.15, 0.2) is 0 Å². The van der Waals surface area contributed by atoms with Crippen molar-refractivity contribution >= 4 is 28.8 Å². The topological polar surface area (TPSA) is 35.2 Å². The Morgan fingerprint density at radius 2 is 2.29 bits per heavy atom. The Hall–Kier alpha value is -0.870. The Morgan fingerprint density at radius 1 is 1.57 bits per heavy atom. The van der Waals surface area contributed by atoms with Crippen LogP contribution in [0, 0.1) is 0 Å². The average Bonchev–Trinajstić information content (AvgIpc) is 2.15. The smallest absolute Gasteiger partial charge is 0.138 e. The van der Waals surface area contributed by atoms with Gasteiger partial charge in [-0.2, -0.15) is 0 Å². The number of hydrogen-bond acceptors (Lipinski definition) is 2. The fourth-order valence-electron chi connectivity index (χ4n) is 0.920. The molecule has 0 amide bonds. The normalized spacial score (nSPS) is 9.86. The Morgan fingerprint density at radius 3 is 2.79 bits per heavy atom. The van der Waals surface area contributed by atoms with E-state index in [0.717, 1.165) is 0 Å². The van der Waals surface area contributed by atoms with Crippen molar-refractivity contribution in [1.29, 1.82) is 0 Å². The molecule has 0 saturated carbocycles. The number of benzene rings is 1. The van der Waals surface area contributed by atoms with Gasteiger partial charge in [-0.3, -0.25) is 0 Å². The molecule has 2 nitrogen and oxygen atoms in total. The number of halogens is 2. The highest BCUT2D eigenvalue weighted by Gasteiger charge is 2.04. The first-order valence-corrected chi connectivity index (χ1v) is 4.72. The Kier molecular flexibility index (Phi) is 4.10. The molecule has 0 aliphatic heterocycles. The van der Waals surface area contributed by atoms with Gasteiger partial charge in [-0.05, 0) is 18.2 Å². The zero-order valence-electron chi connectivity index (χ0n) is 7.30. The molecule has 0 aliphatic carbocycles. The molecule has 0 radical (unpaired) electrons. The molecule has 1 aromatic carbocycles. The quantitative estimate of drug-likeness (QED) is 0.811. The predicted octanol–water partition coefficient (Wildman–Crippen LogP) is 2.32. The maximum atomic E-state index is 11.8. The number of hydrogen-bond donors (Lipinski definition) is 1. The maximum absolute atomic E-state index is 11.8. The lowest BCUT2D eigenvalue weighted by Crippen LogP contribution is -2.09. The second kappa shape index (κ2) is 5.12. The molecule has 0 saturated heterocycles. The number of ether oxygens (including phenoxy) is 1. The molecular weight excluding hydrogens is 225 g/mol. The van der Waals surface area contributed by atoms with E-state index in [4.69, 9.17) is 34.3 Å². The summed E-state index contributed by atoms with van der Waals surface area (Å²) in [5, 5.41) is 0.378. The van der Waals surface area contributed by atoms with Crippen molar-refractivity contribution in [2.75, 3.05) is 13.3 Å². The van der Waals surface area contributed by atoms with E-state index in [1.807, 2.05) is 0 Å². The van der Waals surface area contributed by atoms with Crippen molar-refractivity contribution in [1.82, 2.24) is 0 Å². The Bertz CT molecular complexity index is 346. The number of thiocarbonyl (C=S) groups is 1. The highest BCUT2D eigenvalue weighted by atomic mass is 35.5. The van der Waals surface area contributed by atoms with Crippen LogP contribution >= 0.6 is 23.8 Å². The Balaban J connectivity index is 2.84. The van der Waals surface area contributed by atoms with Crippen LogP contribution in [0.3, 0.4) is 0 Å². The molecule has 1 aromatic rings. The van der Waals surface area contributed by atoms with Crippen LogP contribution in [0.4, 0.5) is 4.39 Å². The van der Waals surface area contributed by atoms with Crippen molar-refractivity contribution in [3.05, 3.63) is 28.8 Å². The molecule has 14 heavy (non-hydrogen) atoms. The molecule has 0 fully saturated rings. The molecule has 0 aliphatic rings. The summed E-state index contributed by atoms with van der Waals surface area (Å²) in [7, 11) is 0. The SMILES string of the molecule is NC(=S)c1ccc(OCCF)c(Cl)c1. The van der Waals surface area contributed by atoms with Crippen LogP contribution in [-0.2, 0) is 0 Å². The summed E-state index contributed by atoms with van der Waals surface area (Å²) < 4.78 is 16.8. The number of rotatable bonds is 4. The number of nitrogens with two attached hydrogens (primary N) is 1. The van der Waals surface area contributed by atoms with Gasteiger partial charge < -0.3 is 10.5 Å². The van der Waals surface area contributed by atoms with Crippen LogP contribution in [0.1, 0.15) is 5.56 Å². The maximum Gasteiger partial charge on any atom is 0.138 e. The van der Waals surface area contributed by atoms with E-state index in [1.54, 1.807) is 18.2 Å². The second-order valence-electron chi connectivity index (χ2n) is 2.55. The molecule has 0 bridgehead atoms. The lowest BCUT2D eigenvalue weighted by Gasteiger charge is -2.07.